The number of rotatable bonds is 4. The molecule has 7 heteroatoms. The molecule has 1 saturated heterocycles. The molecule has 2 aromatic carbocycles. The van der Waals surface area contributed by atoms with Gasteiger partial charge in [0.1, 0.15) is 5.75 Å². The fourth-order valence-electron chi connectivity index (χ4n) is 3.42. The van der Waals surface area contributed by atoms with Gasteiger partial charge in [0.15, 0.2) is 11.7 Å². The molecule has 0 saturated carbocycles. The van der Waals surface area contributed by atoms with E-state index in [2.05, 4.69) is 11.0 Å². The fraction of sp³-hybridized carbons (Fsp3) is 0.333. The molecule has 0 spiro atoms. The van der Waals surface area contributed by atoms with Gasteiger partial charge in [-0.3, -0.25) is 4.79 Å². The fourth-order valence-corrected chi connectivity index (χ4v) is 4.71. The molecule has 4 rings (SSSR count). The third kappa shape index (κ3) is 4.23. The summed E-state index contributed by atoms with van der Waals surface area (Å²) in [6.07, 6.45) is 0. The normalized spacial score (nSPS) is 14.5. The summed E-state index contributed by atoms with van der Waals surface area (Å²) in [7, 11) is 0. The molecule has 5 nitrogen and oxygen atoms in total. The van der Waals surface area contributed by atoms with Crippen molar-refractivity contribution >= 4 is 44.2 Å². The number of fused-ring (bicyclic) bond motifs is 1. The number of benzene rings is 2. The molecule has 0 unspecified atom stereocenters. The maximum atomic E-state index is 12.5. The van der Waals surface area contributed by atoms with Crippen LogP contribution in [0, 0.1) is 13.8 Å². The highest BCUT2D eigenvalue weighted by Gasteiger charge is 2.23. The minimum absolute atomic E-state index is 0.0230. The van der Waals surface area contributed by atoms with Crippen molar-refractivity contribution in [1.82, 2.24) is 9.88 Å². The van der Waals surface area contributed by atoms with E-state index < -0.39 is 0 Å². The van der Waals surface area contributed by atoms with E-state index in [0.29, 0.717) is 13.1 Å². The number of aromatic nitrogens is 1. The standard InChI is InChI=1S/C21H22ClN3O2S/c1-14-9-15(2)11-17(10-14)27-13-20(26)24-5-7-25(8-6-24)21-23-18-4-3-16(22)12-19(18)28-21/h3-4,9-12H,5-8,13H2,1-2H3. The van der Waals surface area contributed by atoms with Gasteiger partial charge in [0.05, 0.1) is 10.2 Å². The van der Waals surface area contributed by atoms with Gasteiger partial charge in [0.2, 0.25) is 0 Å². The van der Waals surface area contributed by atoms with Gasteiger partial charge in [-0.25, -0.2) is 4.98 Å². The van der Waals surface area contributed by atoms with Crippen LogP contribution < -0.4 is 9.64 Å². The summed E-state index contributed by atoms with van der Waals surface area (Å²) in [5.74, 6) is 0.771. The van der Waals surface area contributed by atoms with Crippen molar-refractivity contribution in [3.8, 4) is 5.75 Å². The van der Waals surface area contributed by atoms with Crippen LogP contribution in [-0.4, -0.2) is 48.6 Å². The average molecular weight is 416 g/mol. The number of ether oxygens (including phenoxy) is 1. The Balaban J connectivity index is 1.33. The van der Waals surface area contributed by atoms with E-state index >= 15 is 0 Å². The molecular formula is C21H22ClN3O2S. The van der Waals surface area contributed by atoms with Crippen molar-refractivity contribution in [2.45, 2.75) is 13.8 Å². The Labute approximate surface area is 173 Å². The second kappa shape index (κ2) is 7.97. The maximum absolute atomic E-state index is 12.5. The number of carbonyl (C=O) groups excluding carboxylic acids is 1. The summed E-state index contributed by atoms with van der Waals surface area (Å²) >= 11 is 7.71. The Morgan fingerprint density at radius 1 is 1.11 bits per heavy atom. The van der Waals surface area contributed by atoms with Crippen LogP contribution in [-0.2, 0) is 4.79 Å². The van der Waals surface area contributed by atoms with Crippen LogP contribution in [0.1, 0.15) is 11.1 Å². The molecule has 1 amide bonds. The van der Waals surface area contributed by atoms with Crippen molar-refractivity contribution in [2.24, 2.45) is 0 Å². The van der Waals surface area contributed by atoms with Crippen molar-refractivity contribution < 1.29 is 9.53 Å². The van der Waals surface area contributed by atoms with Crippen molar-refractivity contribution in [1.29, 1.82) is 0 Å². The summed E-state index contributed by atoms with van der Waals surface area (Å²) in [5, 5.41) is 1.71. The third-order valence-electron chi connectivity index (χ3n) is 4.80. The largest absolute Gasteiger partial charge is 0.484 e. The van der Waals surface area contributed by atoms with Crippen LogP contribution in [0.25, 0.3) is 10.2 Å². The Morgan fingerprint density at radius 3 is 2.54 bits per heavy atom. The van der Waals surface area contributed by atoms with E-state index in [9.17, 15) is 4.79 Å². The van der Waals surface area contributed by atoms with E-state index in [-0.39, 0.29) is 12.5 Å². The zero-order valence-corrected chi connectivity index (χ0v) is 17.5. The lowest BCUT2D eigenvalue weighted by molar-refractivity contribution is -0.133. The first-order valence-electron chi connectivity index (χ1n) is 9.28. The van der Waals surface area contributed by atoms with Gasteiger partial charge >= 0.3 is 0 Å². The molecule has 2 heterocycles. The maximum Gasteiger partial charge on any atom is 0.260 e. The first kappa shape index (κ1) is 19.0. The number of carbonyl (C=O) groups is 1. The second-order valence-electron chi connectivity index (χ2n) is 7.09. The van der Waals surface area contributed by atoms with Gasteiger partial charge in [-0.1, -0.05) is 29.0 Å². The topological polar surface area (TPSA) is 45.7 Å². The van der Waals surface area contributed by atoms with E-state index in [0.717, 1.165) is 50.3 Å². The zero-order valence-electron chi connectivity index (χ0n) is 15.9. The molecule has 1 aromatic heterocycles. The first-order chi connectivity index (χ1) is 13.5. The highest BCUT2D eigenvalue weighted by atomic mass is 35.5. The molecule has 3 aromatic rings. The number of aryl methyl sites for hydroxylation is 2. The molecule has 146 valence electrons. The predicted octanol–water partition coefficient (Wildman–Crippen LogP) is 4.29. The summed E-state index contributed by atoms with van der Waals surface area (Å²) < 4.78 is 6.80. The first-order valence-corrected chi connectivity index (χ1v) is 10.5. The molecule has 0 N–H and O–H groups in total. The molecule has 0 aliphatic carbocycles. The van der Waals surface area contributed by atoms with Crippen LogP contribution in [0.2, 0.25) is 5.02 Å². The lowest BCUT2D eigenvalue weighted by atomic mass is 10.1. The Kier molecular flexibility index (Phi) is 5.42. The number of nitrogens with zero attached hydrogens (tertiary/aromatic N) is 3. The summed E-state index contributed by atoms with van der Waals surface area (Å²) in [6.45, 7) is 7.00. The molecule has 0 radical (unpaired) electrons. The second-order valence-corrected chi connectivity index (χ2v) is 8.53. The number of thiazole rings is 1. The van der Waals surface area contributed by atoms with Gasteiger partial charge in [0, 0.05) is 31.2 Å². The van der Waals surface area contributed by atoms with Gasteiger partial charge in [0.25, 0.3) is 5.91 Å². The molecule has 1 aliphatic heterocycles. The lowest BCUT2D eigenvalue weighted by Gasteiger charge is -2.34. The summed E-state index contributed by atoms with van der Waals surface area (Å²) in [5.41, 5.74) is 3.23. The van der Waals surface area contributed by atoms with E-state index in [4.69, 9.17) is 21.3 Å². The highest BCUT2D eigenvalue weighted by Crippen LogP contribution is 2.31. The van der Waals surface area contributed by atoms with Crippen molar-refractivity contribution in [2.75, 3.05) is 37.7 Å². The summed E-state index contributed by atoms with van der Waals surface area (Å²) in [6, 6.07) is 11.8. The summed E-state index contributed by atoms with van der Waals surface area (Å²) in [4.78, 5) is 21.3. The zero-order chi connectivity index (χ0) is 19.7. The molecule has 0 bridgehead atoms. The molecule has 28 heavy (non-hydrogen) atoms. The number of anilines is 1. The van der Waals surface area contributed by atoms with E-state index in [1.165, 1.54) is 0 Å². The van der Waals surface area contributed by atoms with E-state index in [1.807, 2.05) is 49.1 Å². The van der Waals surface area contributed by atoms with Gasteiger partial charge in [-0.05, 0) is 55.3 Å². The van der Waals surface area contributed by atoms with Crippen molar-refractivity contribution in [3.05, 3.63) is 52.5 Å². The van der Waals surface area contributed by atoms with Crippen molar-refractivity contribution in [3.63, 3.8) is 0 Å². The predicted molar refractivity (Wildman–Crippen MR) is 115 cm³/mol. The van der Waals surface area contributed by atoms with Crippen LogP contribution in [0.15, 0.2) is 36.4 Å². The number of piperazine rings is 1. The SMILES string of the molecule is Cc1cc(C)cc(OCC(=O)N2CCN(c3nc4ccc(Cl)cc4s3)CC2)c1. The highest BCUT2D eigenvalue weighted by molar-refractivity contribution is 7.22. The van der Waals surface area contributed by atoms with Crippen LogP contribution in [0.3, 0.4) is 0 Å². The van der Waals surface area contributed by atoms with E-state index in [1.54, 1.807) is 11.3 Å². The quantitative estimate of drug-likeness (QED) is 0.637. The molecule has 1 aliphatic rings. The number of hydrogen-bond donors (Lipinski definition) is 0. The third-order valence-corrected chi connectivity index (χ3v) is 6.11. The lowest BCUT2D eigenvalue weighted by Crippen LogP contribution is -2.50. The number of hydrogen-bond acceptors (Lipinski definition) is 5. The average Bonchev–Trinajstić information content (AvgIpc) is 3.08. The minimum Gasteiger partial charge on any atom is -0.484 e. The molecule has 0 atom stereocenters. The molecular weight excluding hydrogens is 394 g/mol. The smallest absolute Gasteiger partial charge is 0.260 e. The van der Waals surface area contributed by atoms with Gasteiger partial charge in [-0.15, -0.1) is 0 Å². The Bertz CT molecular complexity index is 992. The number of amides is 1. The van der Waals surface area contributed by atoms with Crippen LogP contribution in [0.5, 0.6) is 5.75 Å². The number of halogens is 1. The van der Waals surface area contributed by atoms with Gasteiger partial charge < -0.3 is 14.5 Å². The van der Waals surface area contributed by atoms with Crippen LogP contribution in [0.4, 0.5) is 5.13 Å². The molecule has 1 fully saturated rings. The monoisotopic (exact) mass is 415 g/mol. The Morgan fingerprint density at radius 2 is 1.82 bits per heavy atom. The van der Waals surface area contributed by atoms with Crippen LogP contribution >= 0.6 is 22.9 Å². The Hall–Kier alpha value is -2.31. The minimum atomic E-state index is 0.0230. The van der Waals surface area contributed by atoms with Gasteiger partial charge in [-0.2, -0.15) is 0 Å².